The minimum atomic E-state index is -0.704. The molecule has 0 amide bonds. The van der Waals surface area contributed by atoms with Crippen molar-refractivity contribution in [1.29, 1.82) is 0 Å². The molecule has 19 heavy (non-hydrogen) atoms. The fourth-order valence-electron chi connectivity index (χ4n) is 4.30. The van der Waals surface area contributed by atoms with E-state index in [4.69, 9.17) is 9.47 Å². The molecule has 0 bridgehead atoms. The summed E-state index contributed by atoms with van der Waals surface area (Å²) in [6, 6.07) is 0. The highest BCUT2D eigenvalue weighted by atomic mass is 16.5. The molecule has 0 aliphatic heterocycles. The summed E-state index contributed by atoms with van der Waals surface area (Å²) in [6.07, 6.45) is 6.54. The van der Waals surface area contributed by atoms with E-state index in [2.05, 4.69) is 0 Å². The van der Waals surface area contributed by atoms with Crippen molar-refractivity contribution in [2.24, 2.45) is 11.8 Å². The second-order valence-corrected chi connectivity index (χ2v) is 6.35. The predicted molar refractivity (Wildman–Crippen MR) is 73.4 cm³/mol. The Bertz CT molecular complexity index is 445. The quantitative estimate of drug-likeness (QED) is 0.779. The van der Waals surface area contributed by atoms with Gasteiger partial charge in [0.05, 0.1) is 25.7 Å². The van der Waals surface area contributed by atoms with Crippen LogP contribution in [0.4, 0.5) is 0 Å². The van der Waals surface area contributed by atoms with Crippen LogP contribution in [0.3, 0.4) is 0 Å². The molecule has 1 saturated carbocycles. The number of rotatable bonds is 2. The van der Waals surface area contributed by atoms with Gasteiger partial charge in [0, 0.05) is 6.42 Å². The van der Waals surface area contributed by atoms with E-state index in [0.717, 1.165) is 37.2 Å². The number of hydrogen-bond acceptors (Lipinski definition) is 3. The van der Waals surface area contributed by atoms with Gasteiger partial charge in [-0.1, -0.05) is 11.1 Å². The molecule has 0 aromatic carbocycles. The molecule has 3 heteroatoms. The lowest BCUT2D eigenvalue weighted by molar-refractivity contribution is -0.0311. The monoisotopic (exact) mass is 264 g/mol. The summed E-state index contributed by atoms with van der Waals surface area (Å²) in [5.74, 6) is 2.43. The first-order valence-electron chi connectivity index (χ1n) is 7.33. The van der Waals surface area contributed by atoms with Gasteiger partial charge in [0.1, 0.15) is 11.5 Å². The molecule has 0 saturated heterocycles. The zero-order chi connectivity index (χ0) is 13.6. The Hall–Kier alpha value is -0.960. The minimum absolute atomic E-state index is 0.00949. The second kappa shape index (κ2) is 4.55. The number of hydrogen-bond donors (Lipinski definition) is 1. The van der Waals surface area contributed by atoms with E-state index in [-0.39, 0.29) is 5.92 Å². The van der Waals surface area contributed by atoms with Gasteiger partial charge in [-0.2, -0.15) is 0 Å². The van der Waals surface area contributed by atoms with Crippen molar-refractivity contribution >= 4 is 0 Å². The van der Waals surface area contributed by atoms with E-state index < -0.39 is 5.60 Å². The summed E-state index contributed by atoms with van der Waals surface area (Å²) in [5.41, 5.74) is 2.27. The molecule has 3 atom stereocenters. The van der Waals surface area contributed by atoms with Crippen LogP contribution in [0.5, 0.6) is 0 Å². The Morgan fingerprint density at radius 1 is 1.21 bits per heavy atom. The SMILES string of the molecule is COC1=C(OC)[C@@H]2C3=C(CCC[C@@H]3CC[C@@]2(C)O)C1. The van der Waals surface area contributed by atoms with Crippen LogP contribution in [0.25, 0.3) is 0 Å². The lowest BCUT2D eigenvalue weighted by Gasteiger charge is -2.48. The third kappa shape index (κ3) is 1.90. The third-order valence-corrected chi connectivity index (χ3v) is 5.19. The van der Waals surface area contributed by atoms with Gasteiger partial charge in [0.2, 0.25) is 0 Å². The molecule has 1 N–H and O–H groups in total. The smallest absolute Gasteiger partial charge is 0.143 e. The third-order valence-electron chi connectivity index (χ3n) is 5.19. The first kappa shape index (κ1) is 13.0. The molecule has 0 aromatic heterocycles. The number of methoxy groups -OCH3 is 2. The highest BCUT2D eigenvalue weighted by Gasteiger charge is 2.49. The molecule has 0 spiro atoms. The minimum Gasteiger partial charge on any atom is -0.497 e. The van der Waals surface area contributed by atoms with Gasteiger partial charge in [-0.15, -0.1) is 0 Å². The van der Waals surface area contributed by atoms with Gasteiger partial charge >= 0.3 is 0 Å². The van der Waals surface area contributed by atoms with Crippen LogP contribution >= 0.6 is 0 Å². The van der Waals surface area contributed by atoms with Crippen LogP contribution in [-0.2, 0) is 9.47 Å². The molecule has 1 fully saturated rings. The summed E-state index contributed by atoms with van der Waals surface area (Å²) in [6.45, 7) is 1.95. The molecule has 3 nitrogen and oxygen atoms in total. The van der Waals surface area contributed by atoms with Crippen molar-refractivity contribution in [3.8, 4) is 0 Å². The fourth-order valence-corrected chi connectivity index (χ4v) is 4.30. The van der Waals surface area contributed by atoms with E-state index in [1.165, 1.54) is 24.0 Å². The molecule has 3 aliphatic carbocycles. The highest BCUT2D eigenvalue weighted by molar-refractivity contribution is 5.40. The van der Waals surface area contributed by atoms with Gasteiger partial charge in [0.25, 0.3) is 0 Å². The molecule has 106 valence electrons. The second-order valence-electron chi connectivity index (χ2n) is 6.35. The zero-order valence-corrected chi connectivity index (χ0v) is 12.2. The zero-order valence-electron chi connectivity index (χ0n) is 12.2. The number of aliphatic hydroxyl groups is 1. The summed E-state index contributed by atoms with van der Waals surface area (Å²) < 4.78 is 11.2. The van der Waals surface area contributed by atoms with Crippen LogP contribution in [-0.4, -0.2) is 24.9 Å². The van der Waals surface area contributed by atoms with Gasteiger partial charge in [0.15, 0.2) is 0 Å². The largest absolute Gasteiger partial charge is 0.497 e. The van der Waals surface area contributed by atoms with Gasteiger partial charge in [-0.3, -0.25) is 0 Å². The summed E-state index contributed by atoms with van der Waals surface area (Å²) in [5, 5.41) is 10.8. The van der Waals surface area contributed by atoms with Gasteiger partial charge in [-0.05, 0) is 44.9 Å². The Morgan fingerprint density at radius 2 is 2.00 bits per heavy atom. The summed E-state index contributed by atoms with van der Waals surface area (Å²) in [4.78, 5) is 0. The Labute approximate surface area is 115 Å². The average Bonchev–Trinajstić information content (AvgIpc) is 2.41. The van der Waals surface area contributed by atoms with E-state index in [9.17, 15) is 5.11 Å². The average molecular weight is 264 g/mol. The van der Waals surface area contributed by atoms with Crippen molar-refractivity contribution < 1.29 is 14.6 Å². The van der Waals surface area contributed by atoms with E-state index >= 15 is 0 Å². The fraction of sp³-hybridized carbons (Fsp3) is 0.750. The Balaban J connectivity index is 2.11. The lowest BCUT2D eigenvalue weighted by atomic mass is 9.60. The molecule has 0 unspecified atom stereocenters. The van der Waals surface area contributed by atoms with Crippen LogP contribution < -0.4 is 0 Å². The summed E-state index contributed by atoms with van der Waals surface area (Å²) >= 11 is 0. The van der Waals surface area contributed by atoms with Crippen molar-refractivity contribution in [2.75, 3.05) is 14.2 Å². The predicted octanol–water partition coefficient (Wildman–Crippen LogP) is 3.15. The molecular formula is C16H24O3. The van der Waals surface area contributed by atoms with Crippen molar-refractivity contribution in [3.63, 3.8) is 0 Å². The maximum Gasteiger partial charge on any atom is 0.143 e. The Kier molecular flexibility index (Phi) is 3.12. The number of ether oxygens (including phenoxy) is 2. The topological polar surface area (TPSA) is 38.7 Å². The van der Waals surface area contributed by atoms with E-state index in [1.807, 2.05) is 6.92 Å². The van der Waals surface area contributed by atoms with Crippen LogP contribution in [0.15, 0.2) is 22.7 Å². The maximum absolute atomic E-state index is 10.8. The normalized spacial score (nSPS) is 38.1. The molecular weight excluding hydrogens is 240 g/mol. The summed E-state index contributed by atoms with van der Waals surface area (Å²) in [7, 11) is 3.40. The first-order chi connectivity index (χ1) is 9.08. The van der Waals surface area contributed by atoms with Crippen LogP contribution in [0.2, 0.25) is 0 Å². The van der Waals surface area contributed by atoms with Crippen molar-refractivity contribution in [3.05, 3.63) is 22.7 Å². The van der Waals surface area contributed by atoms with E-state index in [1.54, 1.807) is 14.2 Å². The maximum atomic E-state index is 10.8. The lowest BCUT2D eigenvalue weighted by Crippen LogP contribution is -2.46. The van der Waals surface area contributed by atoms with Crippen LogP contribution in [0.1, 0.15) is 45.4 Å². The van der Waals surface area contributed by atoms with Crippen LogP contribution in [0, 0.1) is 11.8 Å². The Morgan fingerprint density at radius 3 is 2.68 bits per heavy atom. The molecule has 0 radical (unpaired) electrons. The van der Waals surface area contributed by atoms with Gasteiger partial charge in [-0.25, -0.2) is 0 Å². The highest BCUT2D eigenvalue weighted by Crippen LogP contribution is 2.54. The standard InChI is InChI=1S/C16H24O3/c1-16(17)8-7-10-5-4-6-11-9-12(18-2)15(19-3)14(16)13(10)11/h10,14,17H,4-9H2,1-3H3/t10-,14+,16-/m1/s1. The van der Waals surface area contributed by atoms with Crippen molar-refractivity contribution in [2.45, 2.75) is 51.0 Å². The van der Waals surface area contributed by atoms with E-state index in [0.29, 0.717) is 5.92 Å². The molecule has 0 heterocycles. The first-order valence-corrected chi connectivity index (χ1v) is 7.33. The number of allylic oxidation sites excluding steroid dienone is 1. The molecule has 3 aliphatic rings. The van der Waals surface area contributed by atoms with Gasteiger partial charge < -0.3 is 14.6 Å². The molecule has 3 rings (SSSR count). The van der Waals surface area contributed by atoms with Crippen molar-refractivity contribution in [1.82, 2.24) is 0 Å². The molecule has 0 aromatic rings.